The standard InChI is InChI=1S/C20H12BrFN2O/c21-15-6-7-16(18(22)9-15)19-11-24-10-13(12-25)8-17(20(24)23-19)14-4-2-1-3-5-14/h1-12H. The monoisotopic (exact) mass is 394 g/mol. The van der Waals surface area contributed by atoms with E-state index in [1.165, 1.54) is 6.07 Å². The number of aldehydes is 1. The summed E-state index contributed by atoms with van der Waals surface area (Å²) in [7, 11) is 0. The van der Waals surface area contributed by atoms with Crippen LogP contribution in [0.2, 0.25) is 0 Å². The van der Waals surface area contributed by atoms with Gasteiger partial charge in [-0.2, -0.15) is 0 Å². The normalized spacial score (nSPS) is 11.0. The van der Waals surface area contributed by atoms with E-state index in [1.54, 1.807) is 35.0 Å². The number of fused-ring (bicyclic) bond motifs is 1. The van der Waals surface area contributed by atoms with Gasteiger partial charge in [0, 0.05) is 33.6 Å². The third kappa shape index (κ3) is 2.87. The minimum Gasteiger partial charge on any atom is -0.305 e. The molecule has 2 aromatic heterocycles. The van der Waals surface area contributed by atoms with Gasteiger partial charge in [-0.05, 0) is 29.8 Å². The van der Waals surface area contributed by atoms with Gasteiger partial charge in [-0.3, -0.25) is 4.79 Å². The Morgan fingerprint density at radius 3 is 2.52 bits per heavy atom. The number of halogens is 2. The number of carbonyl (C=O) groups is 1. The maximum absolute atomic E-state index is 14.3. The highest BCUT2D eigenvalue weighted by atomic mass is 79.9. The molecule has 122 valence electrons. The van der Waals surface area contributed by atoms with E-state index in [0.717, 1.165) is 17.4 Å². The molecule has 0 saturated heterocycles. The molecule has 25 heavy (non-hydrogen) atoms. The van der Waals surface area contributed by atoms with Crippen molar-refractivity contribution in [3.63, 3.8) is 0 Å². The van der Waals surface area contributed by atoms with Crippen LogP contribution in [0.3, 0.4) is 0 Å². The van der Waals surface area contributed by atoms with Gasteiger partial charge in [-0.15, -0.1) is 0 Å². The predicted octanol–water partition coefficient (Wildman–Crippen LogP) is 5.38. The largest absolute Gasteiger partial charge is 0.305 e. The smallest absolute Gasteiger partial charge is 0.151 e. The Morgan fingerprint density at radius 2 is 1.80 bits per heavy atom. The van der Waals surface area contributed by atoms with Crippen LogP contribution in [0.5, 0.6) is 0 Å². The van der Waals surface area contributed by atoms with Gasteiger partial charge < -0.3 is 4.40 Å². The maximum atomic E-state index is 14.3. The van der Waals surface area contributed by atoms with Crippen molar-refractivity contribution in [2.24, 2.45) is 0 Å². The summed E-state index contributed by atoms with van der Waals surface area (Å²) < 4.78 is 16.7. The highest BCUT2D eigenvalue weighted by molar-refractivity contribution is 9.10. The number of imidazole rings is 1. The third-order valence-electron chi connectivity index (χ3n) is 4.00. The number of pyridine rings is 1. The molecule has 0 N–H and O–H groups in total. The van der Waals surface area contributed by atoms with E-state index in [-0.39, 0.29) is 5.82 Å². The second-order valence-electron chi connectivity index (χ2n) is 5.65. The molecule has 4 aromatic rings. The summed E-state index contributed by atoms with van der Waals surface area (Å²) in [5.41, 5.74) is 3.92. The molecular formula is C20H12BrFN2O. The Bertz CT molecular complexity index is 1090. The SMILES string of the molecule is O=Cc1cc(-c2ccccc2)c2nc(-c3ccc(Br)cc3F)cn2c1. The van der Waals surface area contributed by atoms with Crippen LogP contribution in [0.25, 0.3) is 28.0 Å². The Morgan fingerprint density at radius 1 is 1.00 bits per heavy atom. The van der Waals surface area contributed by atoms with Gasteiger partial charge in [0.2, 0.25) is 0 Å². The van der Waals surface area contributed by atoms with Crippen molar-refractivity contribution in [1.82, 2.24) is 9.38 Å². The second kappa shape index (κ2) is 6.26. The summed E-state index contributed by atoms with van der Waals surface area (Å²) in [6.45, 7) is 0. The first-order valence-electron chi connectivity index (χ1n) is 7.64. The summed E-state index contributed by atoms with van der Waals surface area (Å²) in [4.78, 5) is 15.9. The zero-order valence-corrected chi connectivity index (χ0v) is 14.6. The molecule has 2 aromatic carbocycles. The molecule has 0 spiro atoms. The maximum Gasteiger partial charge on any atom is 0.151 e. The molecule has 0 aliphatic rings. The molecule has 0 bridgehead atoms. The van der Waals surface area contributed by atoms with Crippen molar-refractivity contribution < 1.29 is 9.18 Å². The summed E-state index contributed by atoms with van der Waals surface area (Å²) in [6.07, 6.45) is 4.23. The number of hydrogen-bond donors (Lipinski definition) is 0. The van der Waals surface area contributed by atoms with Gasteiger partial charge in [0.15, 0.2) is 6.29 Å². The van der Waals surface area contributed by atoms with E-state index in [4.69, 9.17) is 0 Å². The minimum atomic E-state index is -0.352. The van der Waals surface area contributed by atoms with Gasteiger partial charge in [0.1, 0.15) is 11.5 Å². The van der Waals surface area contributed by atoms with Crippen LogP contribution in [0.1, 0.15) is 10.4 Å². The number of aromatic nitrogens is 2. The van der Waals surface area contributed by atoms with Gasteiger partial charge >= 0.3 is 0 Å². The lowest BCUT2D eigenvalue weighted by Gasteiger charge is -2.05. The zero-order valence-electron chi connectivity index (χ0n) is 13.0. The molecule has 3 nitrogen and oxygen atoms in total. The van der Waals surface area contributed by atoms with Crippen LogP contribution in [-0.4, -0.2) is 15.7 Å². The topological polar surface area (TPSA) is 34.4 Å². The van der Waals surface area contributed by atoms with E-state index >= 15 is 0 Å². The first kappa shape index (κ1) is 15.7. The number of rotatable bonds is 3. The fourth-order valence-corrected chi connectivity index (χ4v) is 3.18. The summed E-state index contributed by atoms with van der Waals surface area (Å²) >= 11 is 3.26. The molecule has 0 radical (unpaired) electrons. The average Bonchev–Trinajstić information content (AvgIpc) is 3.05. The van der Waals surface area contributed by atoms with E-state index in [9.17, 15) is 9.18 Å². The minimum absolute atomic E-state index is 0.352. The van der Waals surface area contributed by atoms with E-state index in [1.807, 2.05) is 30.3 Å². The van der Waals surface area contributed by atoms with E-state index in [2.05, 4.69) is 20.9 Å². The van der Waals surface area contributed by atoms with Crippen molar-refractivity contribution in [2.75, 3.05) is 0 Å². The van der Waals surface area contributed by atoms with E-state index < -0.39 is 0 Å². The van der Waals surface area contributed by atoms with Crippen LogP contribution < -0.4 is 0 Å². The van der Waals surface area contributed by atoms with Crippen LogP contribution in [0, 0.1) is 5.82 Å². The van der Waals surface area contributed by atoms with Crippen LogP contribution in [0.4, 0.5) is 4.39 Å². The number of nitrogens with zero attached hydrogens (tertiary/aromatic N) is 2. The molecule has 0 aliphatic carbocycles. The van der Waals surface area contributed by atoms with Gasteiger partial charge in [-0.1, -0.05) is 46.3 Å². The van der Waals surface area contributed by atoms with Crippen molar-refractivity contribution >= 4 is 27.9 Å². The average molecular weight is 395 g/mol. The fourth-order valence-electron chi connectivity index (χ4n) is 2.84. The number of carbonyl (C=O) groups excluding carboxylic acids is 1. The van der Waals surface area contributed by atoms with E-state index in [0.29, 0.717) is 26.9 Å². The first-order chi connectivity index (χ1) is 12.2. The Kier molecular flexibility index (Phi) is 3.93. The highest BCUT2D eigenvalue weighted by Crippen LogP contribution is 2.30. The van der Waals surface area contributed by atoms with Gasteiger partial charge in [0.05, 0.1) is 5.69 Å². The molecule has 0 unspecified atom stereocenters. The Balaban J connectivity index is 1.97. The van der Waals surface area contributed by atoms with Crippen LogP contribution in [0.15, 0.2) is 71.5 Å². The second-order valence-corrected chi connectivity index (χ2v) is 6.57. The lowest BCUT2D eigenvalue weighted by molar-refractivity contribution is 0.112. The van der Waals surface area contributed by atoms with Crippen LogP contribution >= 0.6 is 15.9 Å². The molecule has 0 atom stereocenters. The molecule has 0 aliphatic heterocycles. The molecule has 5 heteroatoms. The number of hydrogen-bond acceptors (Lipinski definition) is 2. The zero-order chi connectivity index (χ0) is 17.4. The molecular weight excluding hydrogens is 383 g/mol. The van der Waals surface area contributed by atoms with Crippen molar-refractivity contribution in [3.8, 4) is 22.4 Å². The summed E-state index contributed by atoms with van der Waals surface area (Å²) in [6, 6.07) is 16.4. The third-order valence-corrected chi connectivity index (χ3v) is 4.49. The van der Waals surface area contributed by atoms with Crippen LogP contribution in [-0.2, 0) is 0 Å². The fraction of sp³-hybridized carbons (Fsp3) is 0. The van der Waals surface area contributed by atoms with Gasteiger partial charge in [-0.25, -0.2) is 9.37 Å². The van der Waals surface area contributed by atoms with Crippen molar-refractivity contribution in [1.29, 1.82) is 0 Å². The molecule has 0 saturated carbocycles. The lowest BCUT2D eigenvalue weighted by Crippen LogP contribution is -1.92. The van der Waals surface area contributed by atoms with Crippen molar-refractivity contribution in [2.45, 2.75) is 0 Å². The molecule has 0 amide bonds. The lowest BCUT2D eigenvalue weighted by atomic mass is 10.1. The molecule has 2 heterocycles. The summed E-state index contributed by atoms with van der Waals surface area (Å²) in [5.74, 6) is -0.352. The highest BCUT2D eigenvalue weighted by Gasteiger charge is 2.14. The molecule has 0 fully saturated rings. The predicted molar refractivity (Wildman–Crippen MR) is 99.1 cm³/mol. The first-order valence-corrected chi connectivity index (χ1v) is 8.44. The number of benzene rings is 2. The van der Waals surface area contributed by atoms with Crippen molar-refractivity contribution in [3.05, 3.63) is 82.8 Å². The Labute approximate surface area is 151 Å². The Hall–Kier alpha value is -2.79. The van der Waals surface area contributed by atoms with Gasteiger partial charge in [0.25, 0.3) is 0 Å². The quantitative estimate of drug-likeness (QED) is 0.437. The molecule has 4 rings (SSSR count). The summed E-state index contributed by atoms with van der Waals surface area (Å²) in [5, 5.41) is 0.